The number of hydrogen-bond donors (Lipinski definition) is 8. The highest BCUT2D eigenvalue weighted by molar-refractivity contribution is 7.80. The molecule has 1 unspecified atom stereocenters. The van der Waals surface area contributed by atoms with Gasteiger partial charge in [0, 0.05) is 65.1 Å². The van der Waals surface area contributed by atoms with Crippen LogP contribution in [-0.2, 0) is 25.6 Å². The van der Waals surface area contributed by atoms with Gasteiger partial charge < -0.3 is 25.8 Å². The van der Waals surface area contributed by atoms with Gasteiger partial charge in [-0.2, -0.15) is 12.6 Å². The summed E-state index contributed by atoms with van der Waals surface area (Å²) in [4.78, 5) is 44.7. The van der Waals surface area contributed by atoms with Gasteiger partial charge in [-0.05, 0) is 92.2 Å². The van der Waals surface area contributed by atoms with E-state index in [9.17, 15) is 24.6 Å². The molecule has 0 bridgehead atoms. The van der Waals surface area contributed by atoms with Crippen LogP contribution in [0.2, 0.25) is 0 Å². The average Bonchev–Trinajstić information content (AvgIpc) is 3.41. The molecule has 2 fully saturated rings. The SMILES string of the molecule is C=CC1=C(C)[C@@H](CC2N/C(=C/c3[nH]c(/C=C4/NC(=O)[C@H](C)[C@H]4CCS)c(C)c3CCC(=O)O)C(CCC(=O)O)=C2C)N[C@]12NO2. The Bertz CT molecular complexity index is 1550. The molecule has 5 heterocycles. The Morgan fingerprint density at radius 2 is 1.73 bits per heavy atom. The minimum atomic E-state index is -0.893. The molecule has 0 saturated carbocycles. The number of rotatable bonds is 13. The molecule has 0 aromatic carbocycles. The maximum Gasteiger partial charge on any atom is 0.303 e. The molecule has 5 rings (SSSR count). The van der Waals surface area contributed by atoms with E-state index in [1.54, 1.807) is 6.08 Å². The van der Waals surface area contributed by atoms with Crippen LogP contribution in [0.3, 0.4) is 0 Å². The van der Waals surface area contributed by atoms with Crippen LogP contribution in [0.15, 0.2) is 46.3 Å². The molecule has 1 aromatic heterocycles. The van der Waals surface area contributed by atoms with Crippen molar-refractivity contribution in [1.82, 2.24) is 26.4 Å². The van der Waals surface area contributed by atoms with E-state index in [1.165, 1.54) is 0 Å². The Kier molecular flexibility index (Phi) is 9.50. The van der Waals surface area contributed by atoms with Crippen molar-refractivity contribution in [2.45, 2.75) is 84.2 Å². The summed E-state index contributed by atoms with van der Waals surface area (Å²) in [6.45, 7) is 11.9. The van der Waals surface area contributed by atoms with E-state index < -0.39 is 17.8 Å². The third-order valence-electron chi connectivity index (χ3n) is 9.68. The number of carbonyl (C=O) groups is 3. The van der Waals surface area contributed by atoms with Crippen molar-refractivity contribution in [3.05, 3.63) is 68.9 Å². The second-order valence-corrected chi connectivity index (χ2v) is 12.8. The zero-order valence-corrected chi connectivity index (χ0v) is 27.1. The van der Waals surface area contributed by atoms with E-state index in [2.05, 4.69) is 52.5 Å². The van der Waals surface area contributed by atoms with E-state index in [0.29, 0.717) is 25.0 Å². The summed E-state index contributed by atoms with van der Waals surface area (Å²) in [7, 11) is 0. The zero-order valence-electron chi connectivity index (χ0n) is 26.2. The number of aromatic nitrogens is 1. The molecule has 1 aromatic rings. The third kappa shape index (κ3) is 6.55. The largest absolute Gasteiger partial charge is 0.481 e. The van der Waals surface area contributed by atoms with E-state index in [0.717, 1.165) is 62.6 Å². The maximum atomic E-state index is 12.5. The molecule has 4 aliphatic rings. The quantitative estimate of drug-likeness (QED) is 0.118. The number of aliphatic carboxylic acids is 2. The summed E-state index contributed by atoms with van der Waals surface area (Å²) < 4.78 is 0. The van der Waals surface area contributed by atoms with Crippen LogP contribution in [0.5, 0.6) is 0 Å². The lowest BCUT2D eigenvalue weighted by atomic mass is 9.91. The molecule has 0 radical (unpaired) electrons. The molecule has 2 saturated heterocycles. The number of allylic oxidation sites excluding steroid dienone is 2. The fourth-order valence-electron chi connectivity index (χ4n) is 6.92. The Morgan fingerprint density at radius 3 is 2.33 bits per heavy atom. The summed E-state index contributed by atoms with van der Waals surface area (Å²) in [6.07, 6.45) is 7.79. The van der Waals surface area contributed by atoms with Crippen molar-refractivity contribution >= 4 is 42.6 Å². The molecular weight excluding hydrogens is 594 g/mol. The van der Waals surface area contributed by atoms with Gasteiger partial charge in [0.25, 0.3) is 0 Å². The topological polar surface area (TPSA) is 178 Å². The van der Waals surface area contributed by atoms with E-state index in [1.807, 2.05) is 32.9 Å². The van der Waals surface area contributed by atoms with Gasteiger partial charge in [0.2, 0.25) is 11.8 Å². The molecule has 4 aliphatic heterocycles. The molecule has 45 heavy (non-hydrogen) atoms. The Labute approximate surface area is 268 Å². The van der Waals surface area contributed by atoms with Gasteiger partial charge in [0.05, 0.1) is 0 Å². The lowest BCUT2D eigenvalue weighted by Gasteiger charge is -2.20. The van der Waals surface area contributed by atoms with Crippen LogP contribution in [-0.4, -0.2) is 56.7 Å². The van der Waals surface area contributed by atoms with Crippen molar-refractivity contribution in [2.75, 3.05) is 5.75 Å². The lowest BCUT2D eigenvalue weighted by Crippen LogP contribution is -2.41. The number of carbonyl (C=O) groups excluding carboxylic acids is 1. The van der Waals surface area contributed by atoms with Crippen LogP contribution in [0, 0.1) is 18.8 Å². The summed E-state index contributed by atoms with van der Waals surface area (Å²) in [5.41, 5.74) is 12.0. The number of thiol groups is 1. The van der Waals surface area contributed by atoms with E-state index in [4.69, 9.17) is 4.84 Å². The molecule has 5 atom stereocenters. The van der Waals surface area contributed by atoms with Crippen molar-refractivity contribution in [2.24, 2.45) is 11.8 Å². The van der Waals surface area contributed by atoms with Crippen LogP contribution in [0.4, 0.5) is 0 Å². The number of carboxylic acids is 2. The molecule has 11 nitrogen and oxygen atoms in total. The lowest BCUT2D eigenvalue weighted by molar-refractivity contribution is -0.138. The smallest absolute Gasteiger partial charge is 0.303 e. The van der Waals surface area contributed by atoms with E-state index >= 15 is 0 Å². The number of hydrogen-bond acceptors (Lipinski definition) is 8. The number of aromatic amines is 1. The van der Waals surface area contributed by atoms with Crippen LogP contribution in [0.25, 0.3) is 12.2 Å². The fourth-order valence-corrected chi connectivity index (χ4v) is 7.19. The van der Waals surface area contributed by atoms with Crippen molar-refractivity contribution in [1.29, 1.82) is 0 Å². The maximum absolute atomic E-state index is 12.5. The third-order valence-corrected chi connectivity index (χ3v) is 9.94. The van der Waals surface area contributed by atoms with Crippen LogP contribution < -0.4 is 21.4 Å². The minimum Gasteiger partial charge on any atom is -0.481 e. The second-order valence-electron chi connectivity index (χ2n) is 12.4. The molecule has 1 amide bonds. The van der Waals surface area contributed by atoms with Gasteiger partial charge in [-0.3, -0.25) is 24.5 Å². The summed E-state index contributed by atoms with van der Waals surface area (Å²) >= 11 is 4.39. The number of H-pyrrole nitrogens is 1. The first kappa shape index (κ1) is 32.8. The van der Waals surface area contributed by atoms with Gasteiger partial charge >= 0.3 is 11.9 Å². The molecule has 1 spiro atoms. The predicted octanol–water partition coefficient (Wildman–Crippen LogP) is 3.93. The monoisotopic (exact) mass is 637 g/mol. The first-order valence-electron chi connectivity index (χ1n) is 15.4. The van der Waals surface area contributed by atoms with Gasteiger partial charge in [0.15, 0.2) is 0 Å². The first-order chi connectivity index (χ1) is 21.4. The molecule has 12 heteroatoms. The number of hydroxylamine groups is 1. The highest BCUT2D eigenvalue weighted by atomic mass is 32.1. The number of carboxylic acid groups (broad SMARTS) is 2. The van der Waals surface area contributed by atoms with Crippen molar-refractivity contribution < 1.29 is 29.4 Å². The van der Waals surface area contributed by atoms with E-state index in [-0.39, 0.29) is 42.7 Å². The average molecular weight is 638 g/mol. The highest BCUT2D eigenvalue weighted by Gasteiger charge is 2.55. The number of amides is 1. The van der Waals surface area contributed by atoms with Gasteiger partial charge in [-0.1, -0.05) is 19.6 Å². The van der Waals surface area contributed by atoms with Gasteiger partial charge in [-0.25, -0.2) is 0 Å². The second kappa shape index (κ2) is 13.0. The highest BCUT2D eigenvalue weighted by Crippen LogP contribution is 2.40. The summed E-state index contributed by atoms with van der Waals surface area (Å²) in [5.74, 6) is -1.97. The van der Waals surface area contributed by atoms with Gasteiger partial charge in [0.1, 0.15) is 0 Å². The first-order valence-corrected chi connectivity index (χ1v) is 16.0. The Hall–Kier alpha value is -3.58. The summed E-state index contributed by atoms with van der Waals surface area (Å²) in [5, 5.41) is 29.2. The molecule has 0 aliphatic carbocycles. The summed E-state index contributed by atoms with van der Waals surface area (Å²) in [6, 6.07) is -0.0587. The number of nitrogens with one attached hydrogen (secondary N) is 5. The van der Waals surface area contributed by atoms with Crippen LogP contribution >= 0.6 is 12.6 Å². The van der Waals surface area contributed by atoms with Crippen molar-refractivity contribution in [3.63, 3.8) is 0 Å². The van der Waals surface area contributed by atoms with Gasteiger partial charge in [-0.15, -0.1) is 5.48 Å². The standard InChI is InChI=1S/C33H43N5O6S/c1-6-23-19(5)26(37-33(23)38-44-33)13-24-16(2)20(7-9-30(39)40)27(34-24)15-28-21(8-10-31(41)42)17(3)25(35-28)14-29-22(11-12-45)18(4)32(43)36-29/h6,14-15,18,22,24,26,34-35,37-38,45H,1,7-13H2,2-5H3,(H,36,43)(H,39,40)(H,41,42)/b27-15+,29-14+/t18-,22-,24?,26-,33+/m1/s1. The Balaban J connectivity index is 1.50. The molecule has 242 valence electrons. The molecular formula is C33H43N5O6S. The van der Waals surface area contributed by atoms with Crippen LogP contribution in [0.1, 0.15) is 75.4 Å². The molecule has 7 N–H and O–H groups in total. The zero-order chi connectivity index (χ0) is 32.6. The fraction of sp³-hybridized carbons (Fsp3) is 0.485. The minimum absolute atomic E-state index is 0.00632. The predicted molar refractivity (Wildman–Crippen MR) is 175 cm³/mol. The Morgan fingerprint density at radius 1 is 1.04 bits per heavy atom. The normalized spacial score (nSPS) is 29.3. The van der Waals surface area contributed by atoms with Crippen molar-refractivity contribution in [3.8, 4) is 0 Å².